The monoisotopic (exact) mass is 1800 g/mol. The van der Waals surface area contributed by atoms with E-state index in [1.54, 1.807) is 0 Å². The number of rotatable bonds is 82. The molecule has 0 radical (unpaired) electrons. The van der Waals surface area contributed by atoms with Crippen molar-refractivity contribution in [3.8, 4) is 0 Å². The Morgan fingerprint density at radius 2 is 0.362 bits per heavy atom. The Morgan fingerprint density at radius 1 is 0.198 bits per heavy atom. The Morgan fingerprint density at radius 3 is 0.621 bits per heavy atom. The lowest BCUT2D eigenvalue weighted by Crippen LogP contribution is -2.33. The van der Waals surface area contributed by atoms with E-state index in [1.165, 1.54) is 86.2 Å². The first-order valence-corrected chi connectivity index (χ1v) is 58.3. The van der Waals surface area contributed by atoms with Crippen LogP contribution < -0.4 is 0 Å². The highest BCUT2D eigenvalue weighted by molar-refractivity contribution is 7.94. The average Bonchev–Trinajstić information content (AvgIpc) is 1.31. The van der Waals surface area contributed by atoms with Crippen LogP contribution in [0.5, 0.6) is 0 Å². The summed E-state index contributed by atoms with van der Waals surface area (Å²) in [7, 11) is 5.74. The number of hydrogen-bond donors (Lipinski definition) is 0. The molecule has 17 unspecified atom stereocenters. The van der Waals surface area contributed by atoms with Gasteiger partial charge in [0.2, 0.25) is 0 Å². The van der Waals surface area contributed by atoms with Crippen molar-refractivity contribution in [3.05, 3.63) is 0 Å². The van der Waals surface area contributed by atoms with E-state index >= 15 is 0 Å². The Labute approximate surface area is 740 Å². The standard InChI is InChI=1S/C46H90O8S4.2C23H46O4S2/c1-8-13-14-22-32-43(57(51)11-4)37-38-44(58(52)12-5)39-40(29-21-19-26-36-46(48)54-7)28-20-18-24-31-42(56(50)10-3)34-27-33-41(55(49)9-2)30-23-16-15-17-25-35-45(47)53-6;1-5-8-13-16-21(28(25)6-2)19-20-22(29(26)7-3)17-14-11-9-10-12-15-18-23(24)27-4;1-5-8-9-14-17-21(28(25)6-2)20-22(29(26)7-3)18-15-12-10-11-13-16-19-23(24)27-4/h40-44H,8-39H2,1-7H3;2*21-22H,5-20H2,1-4H3. The first-order valence-electron chi connectivity index (χ1n) is 47.2. The van der Waals surface area contributed by atoms with Crippen molar-refractivity contribution < 1.29 is 74.5 Å². The van der Waals surface area contributed by atoms with Crippen molar-refractivity contribution in [3.63, 3.8) is 0 Å². The quantitative estimate of drug-likeness (QED) is 0.0237. The molecular formula is C92H182O16S8. The van der Waals surface area contributed by atoms with Crippen molar-refractivity contribution in [2.75, 3.05) is 74.5 Å². The summed E-state index contributed by atoms with van der Waals surface area (Å²) in [5, 5.41) is 1.61. The van der Waals surface area contributed by atoms with Crippen LogP contribution in [0.15, 0.2) is 0 Å². The lowest BCUT2D eigenvalue weighted by molar-refractivity contribution is -0.141. The summed E-state index contributed by atoms with van der Waals surface area (Å²) in [6.07, 6.45) is 56.8. The molecule has 17 atom stereocenters. The Bertz CT molecular complexity index is 2140. The van der Waals surface area contributed by atoms with Crippen LogP contribution in [0.25, 0.3) is 0 Å². The molecule has 0 fully saturated rings. The maximum Gasteiger partial charge on any atom is 0.305 e. The van der Waals surface area contributed by atoms with E-state index in [9.17, 15) is 55.6 Å². The van der Waals surface area contributed by atoms with Gasteiger partial charge in [0, 0.05) is 32.1 Å². The molecule has 0 aliphatic rings. The van der Waals surface area contributed by atoms with E-state index < -0.39 is 89.4 Å². The molecule has 0 aliphatic heterocycles. The SMILES string of the molecule is CCCCCC(CCC(CCCCCCCCC(=O)OC)[S+]([O-])CC)[S+]([O-])CC.CCCCCCC(CC(CCCCCCCCC(=O)OC)[S+]([O-])CC)[S+]([O-])CC.CCCCCCC(CCC(CC(CCCCCC(=O)OC)CCCCCC(CCCC(CCCCCCCC(=O)OC)[S+]([O-])CC)[S+]([O-])CC)[S+]([O-])CC)[S+]([O-])CC. The smallest absolute Gasteiger partial charge is 0.305 e. The second kappa shape index (κ2) is 87.4. The molecule has 0 aromatic heterocycles. The number of unbranched alkanes of at least 4 members (excludes halogenated alkanes) is 26. The van der Waals surface area contributed by atoms with Gasteiger partial charge in [-0.15, -0.1) is 0 Å². The van der Waals surface area contributed by atoms with Gasteiger partial charge in [0.25, 0.3) is 0 Å². The van der Waals surface area contributed by atoms with Gasteiger partial charge in [0.1, 0.15) is 88.0 Å². The average molecular weight is 1800 g/mol. The molecule has 116 heavy (non-hydrogen) atoms. The summed E-state index contributed by atoms with van der Waals surface area (Å²) in [4.78, 5) is 45.2. The largest absolute Gasteiger partial charge is 0.616 e. The summed E-state index contributed by atoms with van der Waals surface area (Å²) < 4.78 is 122. The van der Waals surface area contributed by atoms with Gasteiger partial charge >= 0.3 is 23.9 Å². The molecular weight excluding hydrogens is 1620 g/mol. The van der Waals surface area contributed by atoms with Crippen LogP contribution in [0.3, 0.4) is 0 Å². The fourth-order valence-corrected chi connectivity index (χ4v) is 26.4. The number of ether oxygens (including phenoxy) is 4. The minimum absolute atomic E-state index is 0.119. The first kappa shape index (κ1) is 121. The summed E-state index contributed by atoms with van der Waals surface area (Å²) in [6.45, 7) is 22.7. The third-order valence-corrected chi connectivity index (χ3v) is 37.3. The van der Waals surface area contributed by atoms with Crippen LogP contribution in [-0.4, -0.2) is 177 Å². The highest BCUT2D eigenvalue weighted by atomic mass is 32.2. The number of carbonyl (C=O) groups excluding carboxylic acids is 4. The normalized spacial score (nSPS) is 16.1. The fourth-order valence-electron chi connectivity index (χ4n) is 15.7. The number of methoxy groups -OCH3 is 4. The van der Waals surface area contributed by atoms with Crippen molar-refractivity contribution in [1.29, 1.82) is 0 Å². The highest BCUT2D eigenvalue weighted by Gasteiger charge is 2.33. The zero-order valence-corrected chi connectivity index (χ0v) is 83.8. The van der Waals surface area contributed by atoms with E-state index in [0.717, 1.165) is 288 Å². The molecule has 16 nitrogen and oxygen atoms in total. The molecule has 24 heteroatoms. The Kier molecular flexibility index (Phi) is 90.8. The summed E-state index contributed by atoms with van der Waals surface area (Å²) in [5.74, 6) is 5.46. The molecule has 0 spiro atoms. The van der Waals surface area contributed by atoms with Crippen LogP contribution in [0.2, 0.25) is 0 Å². The van der Waals surface area contributed by atoms with Gasteiger partial charge in [-0.3, -0.25) is 19.2 Å². The Hall–Kier alpha value is 0.360. The van der Waals surface area contributed by atoms with Gasteiger partial charge in [0.15, 0.2) is 0 Å². The number of esters is 4. The van der Waals surface area contributed by atoms with Crippen molar-refractivity contribution in [2.45, 2.75) is 478 Å². The molecule has 0 bridgehead atoms. The molecule has 0 aromatic rings. The summed E-state index contributed by atoms with van der Waals surface area (Å²) >= 11 is -6.57. The van der Waals surface area contributed by atoms with Crippen molar-refractivity contribution >= 4 is 113 Å². The molecule has 0 amide bonds. The van der Waals surface area contributed by atoms with Crippen molar-refractivity contribution in [1.82, 2.24) is 0 Å². The van der Waals surface area contributed by atoms with Crippen LogP contribution in [-0.2, 0) is 128 Å². The van der Waals surface area contributed by atoms with E-state index in [2.05, 4.69) is 30.2 Å². The molecule has 0 N–H and O–H groups in total. The summed E-state index contributed by atoms with van der Waals surface area (Å²) in [6, 6.07) is 0. The second-order valence-corrected chi connectivity index (χ2v) is 48.2. The molecule has 0 saturated heterocycles. The molecule has 0 heterocycles. The lowest BCUT2D eigenvalue weighted by atomic mass is 9.89. The molecule has 0 rings (SSSR count). The molecule has 694 valence electrons. The van der Waals surface area contributed by atoms with Gasteiger partial charge in [-0.05, 0) is 228 Å². The lowest BCUT2D eigenvalue weighted by Gasteiger charge is -2.28. The van der Waals surface area contributed by atoms with Gasteiger partial charge in [-0.2, -0.15) is 0 Å². The molecule has 0 saturated carbocycles. The van der Waals surface area contributed by atoms with E-state index in [0.29, 0.717) is 66.1 Å². The maximum absolute atomic E-state index is 13.5. The first-order chi connectivity index (χ1) is 56.0. The third-order valence-electron chi connectivity index (χ3n) is 23.2. The van der Waals surface area contributed by atoms with E-state index in [4.69, 9.17) is 9.47 Å². The van der Waals surface area contributed by atoms with Crippen LogP contribution >= 0.6 is 0 Å². The minimum Gasteiger partial charge on any atom is -0.616 e. The summed E-state index contributed by atoms with van der Waals surface area (Å²) in [5.41, 5.74) is 0. The van der Waals surface area contributed by atoms with Crippen LogP contribution in [0, 0.1) is 5.92 Å². The zero-order chi connectivity index (χ0) is 87.2. The van der Waals surface area contributed by atoms with E-state index in [1.807, 2.05) is 55.4 Å². The maximum atomic E-state index is 13.5. The zero-order valence-electron chi connectivity index (χ0n) is 77.2. The van der Waals surface area contributed by atoms with Gasteiger partial charge in [-0.1, -0.05) is 271 Å². The predicted molar refractivity (Wildman–Crippen MR) is 507 cm³/mol. The molecule has 0 aliphatic carbocycles. The van der Waals surface area contributed by atoms with Gasteiger partial charge in [0.05, 0.1) is 28.4 Å². The fraction of sp³-hybridized carbons (Fsp3) is 0.957. The predicted octanol–water partition coefficient (Wildman–Crippen LogP) is 23.3. The topological polar surface area (TPSA) is 290 Å². The van der Waals surface area contributed by atoms with E-state index in [-0.39, 0.29) is 65.9 Å². The highest BCUT2D eigenvalue weighted by Crippen LogP contribution is 2.33. The van der Waals surface area contributed by atoms with Crippen molar-refractivity contribution in [2.24, 2.45) is 5.92 Å². The minimum atomic E-state index is -0.908. The van der Waals surface area contributed by atoms with Crippen LogP contribution in [0.1, 0.15) is 436 Å². The van der Waals surface area contributed by atoms with Crippen LogP contribution in [0.4, 0.5) is 0 Å². The second-order valence-electron chi connectivity index (χ2n) is 32.1. The van der Waals surface area contributed by atoms with Gasteiger partial charge in [-0.25, -0.2) is 0 Å². The van der Waals surface area contributed by atoms with Gasteiger partial charge < -0.3 is 55.4 Å². The number of hydrogen-bond acceptors (Lipinski definition) is 16. The Balaban J connectivity index is -0.00000184. The number of carbonyl (C=O) groups is 4. The third kappa shape index (κ3) is 69.6. The molecule has 0 aromatic carbocycles.